The molecule has 0 amide bonds. The van der Waals surface area contributed by atoms with Gasteiger partial charge >= 0.3 is 0 Å². The Bertz CT molecular complexity index is 1070. The lowest BCUT2D eigenvalue weighted by Crippen LogP contribution is -2.25. The van der Waals surface area contributed by atoms with E-state index < -0.39 is 0 Å². The number of hydrogen-bond acceptors (Lipinski definition) is 5. The third-order valence-electron chi connectivity index (χ3n) is 4.79. The number of aryl methyl sites for hydroxylation is 2. The highest BCUT2D eigenvalue weighted by Gasteiger charge is 2.25. The van der Waals surface area contributed by atoms with Gasteiger partial charge in [0.05, 0.1) is 24.6 Å². The summed E-state index contributed by atoms with van der Waals surface area (Å²) in [6.45, 7) is 9.56. The van der Waals surface area contributed by atoms with Crippen molar-refractivity contribution in [3.63, 3.8) is 0 Å². The van der Waals surface area contributed by atoms with Crippen molar-refractivity contribution in [1.82, 2.24) is 14.7 Å². The molecule has 0 spiro atoms. The maximum atomic E-state index is 14.4. The fourth-order valence-corrected chi connectivity index (χ4v) is 3.31. The number of aromatic nitrogens is 2. The van der Waals surface area contributed by atoms with Gasteiger partial charge in [-0.05, 0) is 49.1 Å². The van der Waals surface area contributed by atoms with Crippen LogP contribution in [-0.2, 0) is 7.05 Å². The minimum absolute atomic E-state index is 0.152. The molecule has 1 aliphatic rings. The molecular weight excluding hydrogens is 379 g/mol. The zero-order valence-electron chi connectivity index (χ0n) is 17.2. The van der Waals surface area contributed by atoms with Gasteiger partial charge in [0.15, 0.2) is 0 Å². The molecule has 0 fully saturated rings. The molecule has 0 saturated heterocycles. The summed E-state index contributed by atoms with van der Waals surface area (Å²) in [5.74, 6) is -0.247. The third kappa shape index (κ3) is 4.52. The van der Waals surface area contributed by atoms with E-state index in [4.69, 9.17) is 5.73 Å². The lowest BCUT2D eigenvalue weighted by Gasteiger charge is -2.33. The Kier molecular flexibility index (Phi) is 6.54. The second kappa shape index (κ2) is 9.28. The van der Waals surface area contributed by atoms with E-state index in [1.165, 1.54) is 0 Å². The van der Waals surface area contributed by atoms with E-state index >= 15 is 0 Å². The van der Waals surface area contributed by atoms with Gasteiger partial charge in [0.2, 0.25) is 0 Å². The fourth-order valence-electron chi connectivity index (χ4n) is 3.31. The average molecular weight is 404 g/mol. The van der Waals surface area contributed by atoms with Crippen molar-refractivity contribution in [2.75, 3.05) is 6.67 Å². The van der Waals surface area contributed by atoms with E-state index in [1.807, 2.05) is 42.6 Å². The summed E-state index contributed by atoms with van der Waals surface area (Å²) in [7, 11) is 1.85. The molecule has 154 valence electrons. The van der Waals surface area contributed by atoms with E-state index in [2.05, 4.69) is 28.4 Å². The number of hydrogen-bond donors (Lipinski definition) is 1. The van der Waals surface area contributed by atoms with Crippen LogP contribution in [0.25, 0.3) is 0 Å². The quantitative estimate of drug-likeness (QED) is 0.714. The molecule has 0 bridgehead atoms. The SMILES string of the molecule is C=N/C=C\C(=NCN)C1=CC(=C)N(C(c2ccc(C)c(F)c2)c2cnn(C)c2)C=C1. The second-order valence-electron chi connectivity index (χ2n) is 6.90. The van der Waals surface area contributed by atoms with E-state index in [1.54, 1.807) is 42.2 Å². The van der Waals surface area contributed by atoms with Crippen LogP contribution in [0.1, 0.15) is 22.7 Å². The maximum Gasteiger partial charge on any atom is 0.126 e. The Labute approximate surface area is 175 Å². The first kappa shape index (κ1) is 21.1. The summed E-state index contributed by atoms with van der Waals surface area (Å²) < 4.78 is 16.1. The molecule has 30 heavy (non-hydrogen) atoms. The van der Waals surface area contributed by atoms with Gasteiger partial charge in [0, 0.05) is 42.5 Å². The third-order valence-corrected chi connectivity index (χ3v) is 4.79. The van der Waals surface area contributed by atoms with Crippen LogP contribution in [-0.4, -0.2) is 33.8 Å². The smallest absolute Gasteiger partial charge is 0.126 e. The first-order valence-corrected chi connectivity index (χ1v) is 9.43. The lowest BCUT2D eigenvalue weighted by molar-refractivity contribution is 0.401. The van der Waals surface area contributed by atoms with Gasteiger partial charge < -0.3 is 10.6 Å². The predicted molar refractivity (Wildman–Crippen MR) is 120 cm³/mol. The topological polar surface area (TPSA) is 71.8 Å². The lowest BCUT2D eigenvalue weighted by atomic mass is 9.96. The maximum absolute atomic E-state index is 14.4. The first-order valence-electron chi connectivity index (χ1n) is 9.43. The highest BCUT2D eigenvalue weighted by atomic mass is 19.1. The van der Waals surface area contributed by atoms with Crippen molar-refractivity contribution in [2.45, 2.75) is 13.0 Å². The number of nitrogens with zero attached hydrogens (tertiary/aromatic N) is 5. The van der Waals surface area contributed by atoms with Crippen LogP contribution in [0.4, 0.5) is 4.39 Å². The van der Waals surface area contributed by atoms with Crippen molar-refractivity contribution in [2.24, 2.45) is 22.8 Å². The Balaban J connectivity index is 2.01. The number of nitrogens with two attached hydrogens (primary N) is 1. The molecule has 2 aromatic rings. The van der Waals surface area contributed by atoms with Gasteiger partial charge in [-0.25, -0.2) is 4.39 Å². The van der Waals surface area contributed by atoms with Crippen molar-refractivity contribution in [3.8, 4) is 0 Å². The van der Waals surface area contributed by atoms with Crippen molar-refractivity contribution >= 4 is 12.4 Å². The first-order chi connectivity index (χ1) is 14.4. The largest absolute Gasteiger partial charge is 0.337 e. The number of allylic oxidation sites excluding steroid dienone is 4. The normalized spacial score (nSPS) is 15.6. The molecule has 0 saturated carbocycles. The molecule has 1 atom stereocenters. The molecule has 1 unspecified atom stereocenters. The van der Waals surface area contributed by atoms with Gasteiger partial charge in [-0.2, -0.15) is 5.10 Å². The molecular formula is C23H25FN6. The predicted octanol–water partition coefficient (Wildman–Crippen LogP) is 3.80. The van der Waals surface area contributed by atoms with Crippen LogP contribution in [0.15, 0.2) is 89.1 Å². The molecule has 6 nitrogen and oxygen atoms in total. The van der Waals surface area contributed by atoms with Crippen LogP contribution in [0.3, 0.4) is 0 Å². The summed E-state index contributed by atoms with van der Waals surface area (Å²) in [6, 6.07) is 4.99. The van der Waals surface area contributed by atoms with Crippen LogP contribution >= 0.6 is 0 Å². The standard InChI is InChI=1S/C23H25FN6/c1-16-5-6-19(12-21(16)24)23(20-13-28-29(4)14-20)30-10-8-18(11-17(30)2)22(27-15-25)7-9-26-3/h5-14,23H,2-3,15,25H2,1,4H3/b9-7-,27-22?. The van der Waals surface area contributed by atoms with E-state index in [-0.39, 0.29) is 18.5 Å². The molecule has 2 N–H and O–H groups in total. The minimum atomic E-state index is -0.282. The molecule has 0 radical (unpaired) electrons. The Morgan fingerprint density at radius 1 is 1.37 bits per heavy atom. The molecule has 1 aliphatic heterocycles. The molecule has 1 aromatic carbocycles. The molecule has 0 aliphatic carbocycles. The summed E-state index contributed by atoms with van der Waals surface area (Å²) in [5, 5.41) is 4.29. The Morgan fingerprint density at radius 3 is 2.77 bits per heavy atom. The van der Waals surface area contributed by atoms with Gasteiger partial charge in [-0.1, -0.05) is 18.7 Å². The van der Waals surface area contributed by atoms with Crippen molar-refractivity contribution in [3.05, 3.63) is 102 Å². The fraction of sp³-hybridized carbons (Fsp3) is 0.174. The second-order valence-corrected chi connectivity index (χ2v) is 6.90. The summed E-state index contributed by atoms with van der Waals surface area (Å²) in [6.07, 6.45) is 12.7. The summed E-state index contributed by atoms with van der Waals surface area (Å²) in [4.78, 5) is 10.0. The molecule has 1 aromatic heterocycles. The monoisotopic (exact) mass is 404 g/mol. The van der Waals surface area contributed by atoms with E-state index in [0.29, 0.717) is 11.3 Å². The van der Waals surface area contributed by atoms with Crippen molar-refractivity contribution in [1.29, 1.82) is 0 Å². The minimum Gasteiger partial charge on any atom is -0.337 e. The van der Waals surface area contributed by atoms with Gasteiger partial charge in [-0.3, -0.25) is 14.7 Å². The molecule has 7 heteroatoms. The number of halogens is 1. The molecule has 3 rings (SSSR count). The van der Waals surface area contributed by atoms with E-state index in [0.717, 1.165) is 22.4 Å². The summed E-state index contributed by atoms with van der Waals surface area (Å²) in [5.41, 5.74) is 10.2. The van der Waals surface area contributed by atoms with Crippen LogP contribution < -0.4 is 5.73 Å². The summed E-state index contributed by atoms with van der Waals surface area (Å²) >= 11 is 0. The average Bonchev–Trinajstić information content (AvgIpc) is 3.15. The number of rotatable bonds is 7. The van der Waals surface area contributed by atoms with Crippen LogP contribution in [0.2, 0.25) is 0 Å². The molecule has 2 heterocycles. The number of benzene rings is 1. The van der Waals surface area contributed by atoms with Gasteiger partial charge in [-0.15, -0.1) is 0 Å². The van der Waals surface area contributed by atoms with Crippen LogP contribution in [0, 0.1) is 12.7 Å². The number of aliphatic imine (C=N–C) groups is 2. The highest BCUT2D eigenvalue weighted by Crippen LogP contribution is 2.34. The Morgan fingerprint density at radius 2 is 2.17 bits per heavy atom. The zero-order chi connectivity index (χ0) is 21.7. The van der Waals surface area contributed by atoms with Crippen molar-refractivity contribution < 1.29 is 4.39 Å². The van der Waals surface area contributed by atoms with Crippen LogP contribution in [0.5, 0.6) is 0 Å². The van der Waals surface area contributed by atoms with Gasteiger partial charge in [0.25, 0.3) is 0 Å². The highest BCUT2D eigenvalue weighted by molar-refractivity contribution is 6.10. The Hall–Kier alpha value is -3.58. The van der Waals surface area contributed by atoms with E-state index in [9.17, 15) is 4.39 Å². The van der Waals surface area contributed by atoms with Gasteiger partial charge in [0.1, 0.15) is 5.82 Å². The zero-order valence-corrected chi connectivity index (χ0v) is 17.2.